The highest BCUT2D eigenvalue weighted by Crippen LogP contribution is 2.20. The van der Waals surface area contributed by atoms with Gasteiger partial charge < -0.3 is 14.8 Å². The topological polar surface area (TPSA) is 67.2 Å². The molecule has 0 spiro atoms. The molecule has 6 nitrogen and oxygen atoms in total. The molecule has 0 aliphatic heterocycles. The molecule has 2 aromatic carbocycles. The van der Waals surface area contributed by atoms with Gasteiger partial charge in [-0.3, -0.25) is 9.59 Å². The van der Waals surface area contributed by atoms with Gasteiger partial charge in [0.05, 0.1) is 17.6 Å². The molecule has 3 rings (SSSR count). The Bertz CT molecular complexity index is 1100. The summed E-state index contributed by atoms with van der Waals surface area (Å²) in [6.07, 6.45) is 2.60. The van der Waals surface area contributed by atoms with Crippen molar-refractivity contribution in [2.24, 2.45) is 0 Å². The van der Waals surface area contributed by atoms with Crippen LogP contribution in [0.2, 0.25) is 0 Å². The highest BCUT2D eigenvalue weighted by Gasteiger charge is 2.16. The van der Waals surface area contributed by atoms with Gasteiger partial charge in [-0.2, -0.15) is 0 Å². The lowest BCUT2D eigenvalue weighted by Crippen LogP contribution is -2.30. The molecule has 1 heterocycles. The molecule has 7 heteroatoms. The molecule has 0 fully saturated rings. The van der Waals surface area contributed by atoms with E-state index >= 15 is 0 Å². The van der Waals surface area contributed by atoms with E-state index in [1.807, 2.05) is 38.1 Å². The quantitative estimate of drug-likeness (QED) is 0.458. The molecule has 176 valence electrons. The van der Waals surface area contributed by atoms with Crippen LogP contribution >= 0.6 is 0 Å². The zero-order valence-corrected chi connectivity index (χ0v) is 19.7. The number of aromatic nitrogens is 2. The number of aryl methyl sites for hydroxylation is 2. The summed E-state index contributed by atoms with van der Waals surface area (Å²) in [5.74, 6) is 0.463. The van der Waals surface area contributed by atoms with Gasteiger partial charge in [-0.15, -0.1) is 0 Å². The van der Waals surface area contributed by atoms with Gasteiger partial charge in [-0.05, 0) is 69.0 Å². The van der Waals surface area contributed by atoms with E-state index in [2.05, 4.69) is 16.8 Å². The van der Waals surface area contributed by atoms with E-state index in [1.165, 1.54) is 12.1 Å². The Balaban J connectivity index is 1.66. The molecular formula is C26H33FN4O2. The molecule has 0 atom stereocenters. The number of hydrogen-bond donors (Lipinski definition) is 1. The van der Waals surface area contributed by atoms with Crippen molar-refractivity contribution in [2.75, 3.05) is 13.1 Å². The van der Waals surface area contributed by atoms with Crippen molar-refractivity contribution >= 4 is 22.8 Å². The van der Waals surface area contributed by atoms with Crippen molar-refractivity contribution in [2.45, 2.75) is 59.5 Å². The first-order valence-corrected chi connectivity index (χ1v) is 11.8. The molecule has 0 saturated carbocycles. The number of hydrogen-bond acceptors (Lipinski definition) is 3. The standard InChI is InChI=1S/C26H33FN4O2/c1-4-15-31-23-14-13-20(26(33)30(5-2)6-3)17-22(23)29-24(31)18-28-25(32)12-8-10-19-9-7-11-21(27)16-19/h7,9,11,13-14,16-17H,4-6,8,10,12,15,18H2,1-3H3,(H,28,32). The zero-order valence-electron chi connectivity index (χ0n) is 19.7. The third-order valence-electron chi connectivity index (χ3n) is 5.77. The van der Waals surface area contributed by atoms with E-state index in [-0.39, 0.29) is 17.6 Å². The number of imidazole rings is 1. The summed E-state index contributed by atoms with van der Waals surface area (Å²) in [4.78, 5) is 31.6. The highest BCUT2D eigenvalue weighted by molar-refractivity contribution is 5.97. The first kappa shape index (κ1) is 24.4. The minimum Gasteiger partial charge on any atom is -0.349 e. The molecule has 0 aliphatic rings. The van der Waals surface area contributed by atoms with E-state index in [4.69, 9.17) is 4.98 Å². The maximum absolute atomic E-state index is 13.3. The summed E-state index contributed by atoms with van der Waals surface area (Å²) in [5.41, 5.74) is 3.24. The molecule has 1 N–H and O–H groups in total. The van der Waals surface area contributed by atoms with Crippen molar-refractivity contribution in [1.82, 2.24) is 19.8 Å². The van der Waals surface area contributed by atoms with E-state index < -0.39 is 0 Å². The van der Waals surface area contributed by atoms with Crippen LogP contribution in [0.4, 0.5) is 4.39 Å². The Labute approximate surface area is 194 Å². The molecule has 3 aromatic rings. The van der Waals surface area contributed by atoms with Crippen LogP contribution in [0.1, 0.15) is 61.8 Å². The zero-order chi connectivity index (χ0) is 23.8. The molecule has 2 amide bonds. The van der Waals surface area contributed by atoms with Gasteiger partial charge in [-0.25, -0.2) is 9.37 Å². The summed E-state index contributed by atoms with van der Waals surface area (Å²) < 4.78 is 15.4. The fourth-order valence-corrected chi connectivity index (χ4v) is 4.03. The smallest absolute Gasteiger partial charge is 0.253 e. The normalized spacial score (nSPS) is 11.0. The minimum atomic E-state index is -0.256. The van der Waals surface area contributed by atoms with Crippen LogP contribution in [0.5, 0.6) is 0 Å². The SMILES string of the molecule is CCCn1c(CNC(=O)CCCc2cccc(F)c2)nc2cc(C(=O)N(CC)CC)ccc21. The Morgan fingerprint density at radius 3 is 2.58 bits per heavy atom. The van der Waals surface area contributed by atoms with Gasteiger partial charge in [0.15, 0.2) is 0 Å². The summed E-state index contributed by atoms with van der Waals surface area (Å²) >= 11 is 0. The number of benzene rings is 2. The van der Waals surface area contributed by atoms with E-state index in [0.29, 0.717) is 44.5 Å². The van der Waals surface area contributed by atoms with E-state index in [1.54, 1.807) is 11.0 Å². The van der Waals surface area contributed by atoms with Crippen molar-refractivity contribution in [1.29, 1.82) is 0 Å². The van der Waals surface area contributed by atoms with Gasteiger partial charge in [0.25, 0.3) is 5.91 Å². The molecule has 0 aliphatic carbocycles. The Kier molecular flexibility index (Phi) is 8.58. The number of carbonyl (C=O) groups is 2. The maximum Gasteiger partial charge on any atom is 0.253 e. The predicted octanol–water partition coefficient (Wildman–Crippen LogP) is 4.71. The number of carbonyl (C=O) groups excluding carboxylic acids is 2. The van der Waals surface area contributed by atoms with Crippen LogP contribution in [-0.4, -0.2) is 39.4 Å². The van der Waals surface area contributed by atoms with Crippen LogP contribution in [-0.2, 0) is 24.3 Å². The fourth-order valence-electron chi connectivity index (χ4n) is 4.03. The number of nitrogens with one attached hydrogen (secondary N) is 1. The lowest BCUT2D eigenvalue weighted by Gasteiger charge is -2.18. The average molecular weight is 453 g/mol. The monoisotopic (exact) mass is 452 g/mol. The molecular weight excluding hydrogens is 419 g/mol. The summed E-state index contributed by atoms with van der Waals surface area (Å²) in [7, 11) is 0. The second-order valence-electron chi connectivity index (χ2n) is 8.12. The first-order chi connectivity index (χ1) is 16.0. The van der Waals surface area contributed by atoms with Crippen molar-refractivity contribution in [3.05, 3.63) is 65.2 Å². The van der Waals surface area contributed by atoms with Gasteiger partial charge in [0.2, 0.25) is 5.91 Å². The molecule has 0 radical (unpaired) electrons. The molecule has 0 bridgehead atoms. The molecule has 1 aromatic heterocycles. The summed E-state index contributed by atoms with van der Waals surface area (Å²) in [6, 6.07) is 12.1. The third kappa shape index (κ3) is 6.18. The second kappa shape index (κ2) is 11.6. The highest BCUT2D eigenvalue weighted by atomic mass is 19.1. The number of rotatable bonds is 11. The molecule has 0 unspecified atom stereocenters. The molecule has 0 saturated heterocycles. The molecule has 33 heavy (non-hydrogen) atoms. The summed E-state index contributed by atoms with van der Waals surface area (Å²) in [6.45, 7) is 8.46. The maximum atomic E-state index is 13.3. The van der Waals surface area contributed by atoms with Crippen molar-refractivity contribution < 1.29 is 14.0 Å². The third-order valence-corrected chi connectivity index (χ3v) is 5.77. The van der Waals surface area contributed by atoms with Crippen LogP contribution < -0.4 is 5.32 Å². The van der Waals surface area contributed by atoms with Gasteiger partial charge >= 0.3 is 0 Å². The first-order valence-electron chi connectivity index (χ1n) is 11.8. The Morgan fingerprint density at radius 1 is 1.09 bits per heavy atom. The predicted molar refractivity (Wildman–Crippen MR) is 128 cm³/mol. The number of halogens is 1. The van der Waals surface area contributed by atoms with Crippen LogP contribution in [0.25, 0.3) is 11.0 Å². The number of nitrogens with zero attached hydrogens (tertiary/aromatic N) is 3. The minimum absolute atomic E-state index is 0.0000848. The number of fused-ring (bicyclic) bond motifs is 1. The van der Waals surface area contributed by atoms with Crippen LogP contribution in [0.15, 0.2) is 42.5 Å². The van der Waals surface area contributed by atoms with Gasteiger partial charge in [0.1, 0.15) is 11.6 Å². The fraction of sp³-hybridized carbons (Fsp3) is 0.423. The van der Waals surface area contributed by atoms with Gasteiger partial charge in [-0.1, -0.05) is 19.1 Å². The van der Waals surface area contributed by atoms with E-state index in [0.717, 1.165) is 35.4 Å². The van der Waals surface area contributed by atoms with Gasteiger partial charge in [0, 0.05) is 31.6 Å². The van der Waals surface area contributed by atoms with Crippen molar-refractivity contribution in [3.63, 3.8) is 0 Å². The van der Waals surface area contributed by atoms with Crippen molar-refractivity contribution in [3.8, 4) is 0 Å². The summed E-state index contributed by atoms with van der Waals surface area (Å²) in [5, 5.41) is 2.96. The Hall–Kier alpha value is -3.22. The lowest BCUT2D eigenvalue weighted by molar-refractivity contribution is -0.121. The lowest BCUT2D eigenvalue weighted by atomic mass is 10.1. The van der Waals surface area contributed by atoms with E-state index in [9.17, 15) is 14.0 Å². The second-order valence-corrected chi connectivity index (χ2v) is 8.12. The average Bonchev–Trinajstić information content (AvgIpc) is 3.15. The largest absolute Gasteiger partial charge is 0.349 e. The number of amides is 2. The van der Waals surface area contributed by atoms with Crippen LogP contribution in [0, 0.1) is 5.82 Å². The van der Waals surface area contributed by atoms with Crippen LogP contribution in [0.3, 0.4) is 0 Å². The Morgan fingerprint density at radius 2 is 1.88 bits per heavy atom.